The Morgan fingerprint density at radius 2 is 1.95 bits per heavy atom. The van der Waals surface area contributed by atoms with E-state index < -0.39 is 6.10 Å². The normalized spacial score (nSPS) is 13.7. The van der Waals surface area contributed by atoms with Crippen LogP contribution >= 0.6 is 0 Å². The number of aromatic nitrogens is 1. The molecule has 1 aromatic heterocycles. The summed E-state index contributed by atoms with van der Waals surface area (Å²) in [6.45, 7) is 8.94. The van der Waals surface area contributed by atoms with Gasteiger partial charge in [0.15, 0.2) is 0 Å². The molecule has 0 saturated carbocycles. The molecular weight excluding hydrogens is 248 g/mol. The Labute approximate surface area is 121 Å². The SMILES string of the molecule is Cc1ccc2nc(CC(O)CNC(C)(C)C)ccc2c1. The zero-order chi connectivity index (χ0) is 14.8. The van der Waals surface area contributed by atoms with Gasteiger partial charge in [0, 0.05) is 29.6 Å². The predicted molar refractivity (Wildman–Crippen MR) is 83.9 cm³/mol. The maximum Gasteiger partial charge on any atom is 0.0720 e. The minimum atomic E-state index is -0.412. The maximum absolute atomic E-state index is 10.1. The molecule has 3 nitrogen and oxygen atoms in total. The van der Waals surface area contributed by atoms with Crippen molar-refractivity contribution >= 4 is 10.9 Å². The molecule has 0 aliphatic rings. The number of pyridine rings is 1. The quantitative estimate of drug-likeness (QED) is 0.899. The average Bonchev–Trinajstić information content (AvgIpc) is 2.36. The number of rotatable bonds is 4. The van der Waals surface area contributed by atoms with E-state index in [1.54, 1.807) is 0 Å². The molecule has 2 rings (SSSR count). The molecule has 2 N–H and O–H groups in total. The summed E-state index contributed by atoms with van der Waals surface area (Å²) in [5.74, 6) is 0. The molecule has 0 amide bonds. The fourth-order valence-electron chi connectivity index (χ4n) is 2.14. The van der Waals surface area contributed by atoms with E-state index in [1.165, 1.54) is 5.56 Å². The second-order valence-corrected chi connectivity index (χ2v) is 6.49. The van der Waals surface area contributed by atoms with Gasteiger partial charge in [-0.3, -0.25) is 4.98 Å². The third-order valence-electron chi connectivity index (χ3n) is 3.22. The molecule has 0 aliphatic carbocycles. The first-order valence-corrected chi connectivity index (χ1v) is 7.13. The lowest BCUT2D eigenvalue weighted by atomic mass is 10.1. The lowest BCUT2D eigenvalue weighted by Crippen LogP contribution is -2.41. The number of benzene rings is 1. The van der Waals surface area contributed by atoms with E-state index in [9.17, 15) is 5.11 Å². The molecule has 2 aromatic rings. The molecular formula is C17H24N2O. The van der Waals surface area contributed by atoms with Crippen LogP contribution in [-0.2, 0) is 6.42 Å². The standard InChI is InChI=1S/C17H24N2O/c1-12-5-8-16-13(9-12)6-7-14(19-16)10-15(20)11-18-17(2,3)4/h5-9,15,18,20H,10-11H2,1-4H3. The molecule has 0 bridgehead atoms. The van der Waals surface area contributed by atoms with E-state index >= 15 is 0 Å². The van der Waals surface area contributed by atoms with E-state index in [4.69, 9.17) is 0 Å². The van der Waals surface area contributed by atoms with Gasteiger partial charge in [-0.2, -0.15) is 0 Å². The number of hydrogen-bond donors (Lipinski definition) is 2. The van der Waals surface area contributed by atoms with Crippen LogP contribution in [0.25, 0.3) is 10.9 Å². The van der Waals surface area contributed by atoms with Crippen LogP contribution in [0.1, 0.15) is 32.0 Å². The van der Waals surface area contributed by atoms with Crippen molar-refractivity contribution in [3.8, 4) is 0 Å². The third-order valence-corrected chi connectivity index (χ3v) is 3.22. The summed E-state index contributed by atoms with van der Waals surface area (Å²) in [7, 11) is 0. The van der Waals surface area contributed by atoms with Gasteiger partial charge in [-0.25, -0.2) is 0 Å². The number of β-amino-alcohol motifs (C(OH)–C–C–N with tert-alkyl or cyclic N) is 1. The van der Waals surface area contributed by atoms with Gasteiger partial charge < -0.3 is 10.4 Å². The number of nitrogens with zero attached hydrogens (tertiary/aromatic N) is 1. The fraction of sp³-hybridized carbons (Fsp3) is 0.471. The Morgan fingerprint density at radius 1 is 1.20 bits per heavy atom. The highest BCUT2D eigenvalue weighted by Gasteiger charge is 2.13. The molecule has 108 valence electrons. The summed E-state index contributed by atoms with van der Waals surface area (Å²) in [6.07, 6.45) is 0.164. The number of fused-ring (bicyclic) bond motifs is 1. The fourth-order valence-corrected chi connectivity index (χ4v) is 2.14. The van der Waals surface area contributed by atoms with Gasteiger partial charge in [0.25, 0.3) is 0 Å². The summed E-state index contributed by atoms with van der Waals surface area (Å²) in [6, 6.07) is 10.3. The molecule has 0 spiro atoms. The topological polar surface area (TPSA) is 45.2 Å². The Morgan fingerprint density at radius 3 is 2.65 bits per heavy atom. The van der Waals surface area contributed by atoms with Crippen LogP contribution in [-0.4, -0.2) is 28.3 Å². The van der Waals surface area contributed by atoms with E-state index in [-0.39, 0.29) is 5.54 Å². The maximum atomic E-state index is 10.1. The Hall–Kier alpha value is -1.45. The van der Waals surface area contributed by atoms with E-state index in [2.05, 4.69) is 56.2 Å². The molecule has 1 unspecified atom stereocenters. The highest BCUT2D eigenvalue weighted by Crippen LogP contribution is 2.15. The molecule has 1 heterocycles. The monoisotopic (exact) mass is 272 g/mol. The van der Waals surface area contributed by atoms with Gasteiger partial charge in [0.2, 0.25) is 0 Å². The molecule has 0 radical (unpaired) electrons. The van der Waals surface area contributed by atoms with Gasteiger partial charge in [-0.15, -0.1) is 0 Å². The van der Waals surface area contributed by atoms with Crippen molar-refractivity contribution in [2.75, 3.05) is 6.54 Å². The zero-order valence-electron chi connectivity index (χ0n) is 12.8. The highest BCUT2D eigenvalue weighted by atomic mass is 16.3. The van der Waals surface area contributed by atoms with E-state index in [1.807, 2.05) is 12.1 Å². The molecule has 3 heteroatoms. The molecule has 0 aliphatic heterocycles. The van der Waals surface area contributed by atoms with Crippen LogP contribution in [0, 0.1) is 6.92 Å². The van der Waals surface area contributed by atoms with Crippen molar-refractivity contribution < 1.29 is 5.11 Å². The Bertz CT molecular complexity index is 587. The first-order chi connectivity index (χ1) is 9.33. The molecule has 1 atom stereocenters. The number of aryl methyl sites for hydroxylation is 1. The number of aliphatic hydroxyl groups excluding tert-OH is 1. The van der Waals surface area contributed by atoms with E-state index in [0.717, 1.165) is 16.6 Å². The first-order valence-electron chi connectivity index (χ1n) is 7.13. The summed E-state index contributed by atoms with van der Waals surface area (Å²) < 4.78 is 0. The summed E-state index contributed by atoms with van der Waals surface area (Å²) >= 11 is 0. The number of nitrogens with one attached hydrogen (secondary N) is 1. The smallest absolute Gasteiger partial charge is 0.0720 e. The van der Waals surface area contributed by atoms with Gasteiger partial charge in [-0.05, 0) is 45.9 Å². The van der Waals surface area contributed by atoms with Gasteiger partial charge in [-0.1, -0.05) is 17.7 Å². The third kappa shape index (κ3) is 4.29. The Kier molecular flexibility index (Phi) is 4.41. The second kappa shape index (κ2) is 5.90. The van der Waals surface area contributed by atoms with Crippen LogP contribution in [0.3, 0.4) is 0 Å². The van der Waals surface area contributed by atoms with Crippen molar-refractivity contribution in [3.63, 3.8) is 0 Å². The second-order valence-electron chi connectivity index (χ2n) is 6.49. The van der Waals surface area contributed by atoms with Crippen LogP contribution in [0.2, 0.25) is 0 Å². The number of aliphatic hydroxyl groups is 1. The minimum absolute atomic E-state index is 0.0231. The van der Waals surface area contributed by atoms with Crippen molar-refractivity contribution in [1.29, 1.82) is 0 Å². The molecule has 0 saturated heterocycles. The van der Waals surface area contributed by atoms with Crippen LogP contribution in [0.15, 0.2) is 30.3 Å². The zero-order valence-corrected chi connectivity index (χ0v) is 12.8. The van der Waals surface area contributed by atoms with Crippen LogP contribution < -0.4 is 5.32 Å². The molecule has 1 aromatic carbocycles. The lowest BCUT2D eigenvalue weighted by molar-refractivity contribution is 0.160. The van der Waals surface area contributed by atoms with E-state index in [0.29, 0.717) is 13.0 Å². The van der Waals surface area contributed by atoms with Gasteiger partial charge >= 0.3 is 0 Å². The predicted octanol–water partition coefficient (Wildman–Crippen LogP) is 2.83. The Balaban J connectivity index is 2.04. The summed E-state index contributed by atoms with van der Waals surface area (Å²) in [5.41, 5.74) is 3.19. The average molecular weight is 272 g/mol. The van der Waals surface area contributed by atoms with Crippen molar-refractivity contribution in [3.05, 3.63) is 41.6 Å². The van der Waals surface area contributed by atoms with Crippen molar-refractivity contribution in [1.82, 2.24) is 10.3 Å². The highest BCUT2D eigenvalue weighted by molar-refractivity contribution is 5.79. The molecule has 20 heavy (non-hydrogen) atoms. The lowest BCUT2D eigenvalue weighted by Gasteiger charge is -2.22. The summed E-state index contributed by atoms with van der Waals surface area (Å²) in [5, 5.41) is 14.5. The first kappa shape index (κ1) is 14.9. The van der Waals surface area contributed by atoms with Crippen molar-refractivity contribution in [2.24, 2.45) is 0 Å². The molecule has 0 fully saturated rings. The summed E-state index contributed by atoms with van der Waals surface area (Å²) in [4.78, 5) is 4.61. The number of hydrogen-bond acceptors (Lipinski definition) is 3. The van der Waals surface area contributed by atoms with Gasteiger partial charge in [0.05, 0.1) is 11.6 Å². The van der Waals surface area contributed by atoms with Crippen LogP contribution in [0.4, 0.5) is 0 Å². The van der Waals surface area contributed by atoms with Gasteiger partial charge in [0.1, 0.15) is 0 Å². The van der Waals surface area contributed by atoms with Crippen LogP contribution in [0.5, 0.6) is 0 Å². The largest absolute Gasteiger partial charge is 0.391 e. The van der Waals surface area contributed by atoms with Crippen molar-refractivity contribution in [2.45, 2.75) is 45.8 Å². The minimum Gasteiger partial charge on any atom is -0.391 e.